The molecule has 0 aliphatic rings. The van der Waals surface area contributed by atoms with Crippen molar-refractivity contribution in [2.75, 3.05) is 25.0 Å². The van der Waals surface area contributed by atoms with E-state index < -0.39 is 12.7 Å². The minimum absolute atomic E-state index is 0. The molecule has 176 valence electrons. The van der Waals surface area contributed by atoms with Crippen molar-refractivity contribution >= 4 is 41.5 Å². The minimum Gasteiger partial charge on any atom is -0.435 e. The van der Waals surface area contributed by atoms with E-state index in [9.17, 15) is 18.7 Å². The van der Waals surface area contributed by atoms with Crippen LogP contribution >= 0.6 is 24.0 Å². The second kappa shape index (κ2) is 14.6. The molecule has 0 fully saturated rings. The molecule has 0 bridgehead atoms. The smallest absolute Gasteiger partial charge is 0.387 e. The van der Waals surface area contributed by atoms with Gasteiger partial charge in [-0.25, -0.2) is 4.99 Å². The number of nitrogens with zero attached hydrogens (tertiary/aromatic N) is 1. The van der Waals surface area contributed by atoms with Crippen molar-refractivity contribution in [2.45, 2.75) is 33.0 Å². The standard InChI is InChI=1S/C22H28F2N4O3.HI/c1-3-15-6-5-7-17(12-15)28-20(30)14-27-22(25-4-2)26-13-19(29)16-8-10-18(11-9-16)31-21(23)24;/h5-12,19,21,29H,3-4,13-14H2,1-2H3,(H,28,30)(H2,25,26,27);1H. The fraction of sp³-hybridized carbons (Fsp3) is 0.364. The third-order valence-electron chi connectivity index (χ3n) is 4.30. The van der Waals surface area contributed by atoms with Crippen LogP contribution in [-0.4, -0.2) is 43.2 Å². The van der Waals surface area contributed by atoms with E-state index in [2.05, 4.69) is 25.7 Å². The van der Waals surface area contributed by atoms with Gasteiger partial charge in [0.25, 0.3) is 0 Å². The van der Waals surface area contributed by atoms with Gasteiger partial charge in [-0.1, -0.05) is 31.2 Å². The molecule has 0 aliphatic carbocycles. The van der Waals surface area contributed by atoms with Crippen molar-refractivity contribution in [3.8, 4) is 5.75 Å². The second-order valence-electron chi connectivity index (χ2n) is 6.64. The number of carbonyl (C=O) groups is 1. The minimum atomic E-state index is -2.90. The van der Waals surface area contributed by atoms with Gasteiger partial charge in [0.15, 0.2) is 5.96 Å². The lowest BCUT2D eigenvalue weighted by atomic mass is 10.1. The number of amides is 1. The van der Waals surface area contributed by atoms with Gasteiger partial charge in [-0.2, -0.15) is 8.78 Å². The van der Waals surface area contributed by atoms with Crippen molar-refractivity contribution in [2.24, 2.45) is 4.99 Å². The van der Waals surface area contributed by atoms with E-state index in [1.807, 2.05) is 38.1 Å². The largest absolute Gasteiger partial charge is 0.435 e. The van der Waals surface area contributed by atoms with Gasteiger partial charge in [-0.3, -0.25) is 4.79 Å². The summed E-state index contributed by atoms with van der Waals surface area (Å²) in [4.78, 5) is 16.4. The molecule has 2 rings (SSSR count). The number of aryl methyl sites for hydroxylation is 1. The number of aliphatic hydroxyl groups excluding tert-OH is 1. The zero-order valence-electron chi connectivity index (χ0n) is 18.0. The molecule has 32 heavy (non-hydrogen) atoms. The molecular weight excluding hydrogens is 533 g/mol. The molecule has 1 unspecified atom stereocenters. The lowest BCUT2D eigenvalue weighted by Gasteiger charge is -2.16. The van der Waals surface area contributed by atoms with Crippen molar-refractivity contribution in [3.63, 3.8) is 0 Å². The number of anilines is 1. The quantitative estimate of drug-likeness (QED) is 0.201. The molecule has 0 aliphatic heterocycles. The number of hydrogen-bond donors (Lipinski definition) is 4. The zero-order valence-corrected chi connectivity index (χ0v) is 20.3. The number of nitrogens with one attached hydrogen (secondary N) is 3. The fourth-order valence-electron chi connectivity index (χ4n) is 2.74. The summed E-state index contributed by atoms with van der Waals surface area (Å²) in [7, 11) is 0. The van der Waals surface area contributed by atoms with Crippen LogP contribution in [0, 0.1) is 0 Å². The summed E-state index contributed by atoms with van der Waals surface area (Å²) in [5, 5.41) is 19.1. The predicted octanol–water partition coefficient (Wildman–Crippen LogP) is 3.70. The Morgan fingerprint density at radius 2 is 1.84 bits per heavy atom. The fourth-order valence-corrected chi connectivity index (χ4v) is 2.74. The van der Waals surface area contributed by atoms with Crippen molar-refractivity contribution < 1.29 is 23.4 Å². The number of rotatable bonds is 10. The van der Waals surface area contributed by atoms with Crippen LogP contribution in [0.1, 0.15) is 31.1 Å². The van der Waals surface area contributed by atoms with Crippen LogP contribution in [0.25, 0.3) is 0 Å². The normalized spacial score (nSPS) is 12.0. The zero-order chi connectivity index (χ0) is 22.6. The maximum absolute atomic E-state index is 12.2. The first-order chi connectivity index (χ1) is 14.9. The Hall–Kier alpha value is -2.47. The van der Waals surface area contributed by atoms with Crippen LogP contribution in [0.15, 0.2) is 53.5 Å². The number of hydrogen-bond acceptors (Lipinski definition) is 4. The highest BCUT2D eigenvalue weighted by Crippen LogP contribution is 2.19. The number of carbonyl (C=O) groups excluding carboxylic acids is 1. The topological polar surface area (TPSA) is 95.0 Å². The maximum atomic E-state index is 12.2. The monoisotopic (exact) mass is 562 g/mol. The van der Waals surface area contributed by atoms with Crippen molar-refractivity contribution in [1.29, 1.82) is 0 Å². The molecule has 0 aromatic heterocycles. The molecular formula is C22H29F2IN4O3. The van der Waals surface area contributed by atoms with Crippen LogP contribution in [-0.2, 0) is 11.2 Å². The van der Waals surface area contributed by atoms with Gasteiger partial charge in [0, 0.05) is 18.8 Å². The molecule has 0 spiro atoms. The lowest BCUT2D eigenvalue weighted by molar-refractivity contribution is -0.114. The number of guanidine groups is 1. The number of aliphatic hydroxyl groups is 1. The van der Waals surface area contributed by atoms with E-state index in [0.29, 0.717) is 23.8 Å². The average Bonchev–Trinajstić information content (AvgIpc) is 2.75. The summed E-state index contributed by atoms with van der Waals surface area (Å²) >= 11 is 0. The SMILES string of the molecule is CCNC(=NCC(=O)Nc1cccc(CC)c1)NCC(O)c1ccc(OC(F)F)cc1.I. The van der Waals surface area contributed by atoms with Crippen molar-refractivity contribution in [1.82, 2.24) is 10.6 Å². The van der Waals surface area contributed by atoms with Gasteiger partial charge in [-0.05, 0) is 48.7 Å². The summed E-state index contributed by atoms with van der Waals surface area (Å²) in [6, 6.07) is 13.3. The summed E-state index contributed by atoms with van der Waals surface area (Å²) in [6.45, 7) is 1.61. The van der Waals surface area contributed by atoms with E-state index in [1.54, 1.807) is 0 Å². The van der Waals surface area contributed by atoms with E-state index in [-0.39, 0.29) is 48.7 Å². The Labute approximate surface area is 203 Å². The lowest BCUT2D eigenvalue weighted by Crippen LogP contribution is -2.40. The maximum Gasteiger partial charge on any atom is 0.387 e. The second-order valence-corrected chi connectivity index (χ2v) is 6.64. The Bertz CT molecular complexity index is 867. The van der Waals surface area contributed by atoms with Crippen LogP contribution in [0.5, 0.6) is 5.75 Å². The average molecular weight is 562 g/mol. The van der Waals surface area contributed by atoms with Gasteiger partial charge in [0.1, 0.15) is 12.3 Å². The van der Waals surface area contributed by atoms with E-state index in [1.165, 1.54) is 24.3 Å². The number of alkyl halides is 2. The third-order valence-corrected chi connectivity index (χ3v) is 4.30. The summed E-state index contributed by atoms with van der Waals surface area (Å²) in [6.07, 6.45) is -0.0317. The Morgan fingerprint density at radius 3 is 2.47 bits per heavy atom. The molecule has 4 N–H and O–H groups in total. The molecule has 0 heterocycles. The Balaban J connectivity index is 0.00000512. The molecule has 2 aromatic rings. The highest BCUT2D eigenvalue weighted by atomic mass is 127. The number of benzene rings is 2. The summed E-state index contributed by atoms with van der Waals surface area (Å²) in [5.74, 6) is 0.126. The first-order valence-corrected chi connectivity index (χ1v) is 10.0. The van der Waals surface area contributed by atoms with Gasteiger partial charge < -0.3 is 25.8 Å². The Kier molecular flexibility index (Phi) is 12.5. The van der Waals surface area contributed by atoms with Gasteiger partial charge in [0.2, 0.25) is 5.91 Å². The first-order valence-electron chi connectivity index (χ1n) is 10.0. The van der Waals surface area contributed by atoms with Crippen molar-refractivity contribution in [3.05, 3.63) is 59.7 Å². The molecule has 0 saturated heterocycles. The highest BCUT2D eigenvalue weighted by molar-refractivity contribution is 14.0. The molecule has 0 saturated carbocycles. The first kappa shape index (κ1) is 27.6. The summed E-state index contributed by atoms with van der Waals surface area (Å²) in [5.41, 5.74) is 2.37. The summed E-state index contributed by atoms with van der Waals surface area (Å²) < 4.78 is 28.7. The van der Waals surface area contributed by atoms with E-state index in [4.69, 9.17) is 0 Å². The molecule has 7 nitrogen and oxygen atoms in total. The molecule has 0 radical (unpaired) electrons. The number of halogens is 3. The van der Waals surface area contributed by atoms with E-state index >= 15 is 0 Å². The number of aliphatic imine (C=N–C) groups is 1. The molecule has 1 amide bonds. The third kappa shape index (κ3) is 9.77. The highest BCUT2D eigenvalue weighted by Gasteiger charge is 2.11. The Morgan fingerprint density at radius 1 is 1.12 bits per heavy atom. The molecule has 10 heteroatoms. The molecule has 2 aromatic carbocycles. The van der Waals surface area contributed by atoms with E-state index in [0.717, 1.165) is 12.0 Å². The van der Waals surface area contributed by atoms with Crippen LogP contribution in [0.4, 0.5) is 14.5 Å². The molecule has 1 atom stereocenters. The predicted molar refractivity (Wildman–Crippen MR) is 132 cm³/mol. The number of ether oxygens (including phenoxy) is 1. The van der Waals surface area contributed by atoms with Gasteiger partial charge in [-0.15, -0.1) is 24.0 Å². The van der Waals surface area contributed by atoms with Gasteiger partial charge in [0.05, 0.1) is 6.10 Å². The van der Waals surface area contributed by atoms with Crippen LogP contribution in [0.2, 0.25) is 0 Å². The van der Waals surface area contributed by atoms with Crippen LogP contribution < -0.4 is 20.7 Å². The van der Waals surface area contributed by atoms with Gasteiger partial charge >= 0.3 is 6.61 Å². The van der Waals surface area contributed by atoms with Crippen LogP contribution in [0.3, 0.4) is 0 Å².